The number of carbonyl (C=O) groups excluding carboxylic acids is 1. The van der Waals surface area contributed by atoms with Gasteiger partial charge < -0.3 is 19.1 Å². The topological polar surface area (TPSA) is 48.0 Å². The van der Waals surface area contributed by atoms with Gasteiger partial charge in [0.1, 0.15) is 0 Å². The molecule has 5 heteroatoms. The number of ether oxygens (including phenoxy) is 3. The number of hydrogen-bond acceptors (Lipinski definition) is 4. The Labute approximate surface area is 149 Å². The number of carbonyl (C=O) groups is 1. The number of likely N-dealkylation sites (tertiary alicyclic amines) is 1. The number of benzene rings is 1. The lowest BCUT2D eigenvalue weighted by atomic mass is 9.71. The van der Waals surface area contributed by atoms with Gasteiger partial charge >= 0.3 is 0 Å². The van der Waals surface area contributed by atoms with Crippen LogP contribution >= 0.6 is 0 Å². The summed E-state index contributed by atoms with van der Waals surface area (Å²) < 4.78 is 16.1. The van der Waals surface area contributed by atoms with Crippen molar-refractivity contribution < 1.29 is 19.0 Å². The Kier molecular flexibility index (Phi) is 5.21. The maximum absolute atomic E-state index is 13.1. The summed E-state index contributed by atoms with van der Waals surface area (Å²) in [5.74, 6) is 1.57. The zero-order valence-electron chi connectivity index (χ0n) is 15.3. The summed E-state index contributed by atoms with van der Waals surface area (Å²) in [5.41, 5.74) is 0.835. The van der Waals surface area contributed by atoms with Crippen LogP contribution in [0.3, 0.4) is 0 Å². The van der Waals surface area contributed by atoms with Gasteiger partial charge in [0, 0.05) is 18.7 Å². The Bertz CT molecular complexity index is 645. The molecule has 1 aliphatic heterocycles. The highest BCUT2D eigenvalue weighted by atomic mass is 16.5. The Morgan fingerprint density at radius 2 is 1.76 bits per heavy atom. The van der Waals surface area contributed by atoms with Gasteiger partial charge in [-0.25, -0.2) is 0 Å². The molecular formula is C20H27NO4. The molecule has 1 amide bonds. The molecular weight excluding hydrogens is 318 g/mol. The molecule has 1 aromatic carbocycles. The van der Waals surface area contributed by atoms with Gasteiger partial charge in [0.05, 0.1) is 21.3 Å². The van der Waals surface area contributed by atoms with Gasteiger partial charge in [0.25, 0.3) is 5.91 Å². The molecule has 0 saturated carbocycles. The summed E-state index contributed by atoms with van der Waals surface area (Å²) in [5, 5.41) is 0. The molecule has 1 aromatic rings. The first kappa shape index (κ1) is 17.6. The van der Waals surface area contributed by atoms with Crippen molar-refractivity contribution in [3.8, 4) is 17.2 Å². The average molecular weight is 345 g/mol. The lowest BCUT2D eigenvalue weighted by molar-refractivity contribution is 0.0484. The van der Waals surface area contributed by atoms with E-state index < -0.39 is 0 Å². The fraction of sp³-hybridized carbons (Fsp3) is 0.550. The largest absolute Gasteiger partial charge is 0.493 e. The summed E-state index contributed by atoms with van der Waals surface area (Å²) in [6, 6.07) is 3.48. The number of allylic oxidation sites excluding steroid dienone is 2. The van der Waals surface area contributed by atoms with Crippen LogP contribution in [0, 0.1) is 5.41 Å². The van der Waals surface area contributed by atoms with Crippen molar-refractivity contribution in [3.05, 3.63) is 29.8 Å². The lowest BCUT2D eigenvalue weighted by Crippen LogP contribution is -2.46. The minimum Gasteiger partial charge on any atom is -0.493 e. The van der Waals surface area contributed by atoms with Crippen LogP contribution in [0.25, 0.3) is 0 Å². The normalized spacial score (nSPS) is 22.8. The average Bonchev–Trinajstić information content (AvgIpc) is 2.66. The smallest absolute Gasteiger partial charge is 0.254 e. The van der Waals surface area contributed by atoms with E-state index in [1.54, 1.807) is 33.5 Å². The quantitative estimate of drug-likeness (QED) is 0.781. The summed E-state index contributed by atoms with van der Waals surface area (Å²) in [7, 11) is 4.69. The second-order valence-electron chi connectivity index (χ2n) is 6.96. The first-order valence-electron chi connectivity index (χ1n) is 8.87. The first-order valence-corrected chi connectivity index (χ1v) is 8.87. The number of amides is 1. The minimum atomic E-state index is 0.0351. The molecule has 25 heavy (non-hydrogen) atoms. The minimum absolute atomic E-state index is 0.0351. The van der Waals surface area contributed by atoms with Crippen molar-refractivity contribution in [2.75, 3.05) is 34.4 Å². The molecule has 1 spiro atoms. The standard InChI is InChI=1S/C20H27NO4/c1-23-16-12-15(13-17(24-2)18(16)25-3)19(22)21-11-7-10-20(14-21)8-5-4-6-9-20/h4-5,12-13H,6-11,14H2,1-3H3. The summed E-state index contributed by atoms with van der Waals surface area (Å²) in [4.78, 5) is 15.1. The molecule has 1 aliphatic carbocycles. The Balaban J connectivity index is 1.86. The van der Waals surface area contributed by atoms with Crippen LogP contribution in [0.15, 0.2) is 24.3 Å². The van der Waals surface area contributed by atoms with Gasteiger partial charge in [-0.2, -0.15) is 0 Å². The highest BCUT2D eigenvalue weighted by Gasteiger charge is 2.37. The monoisotopic (exact) mass is 345 g/mol. The molecule has 1 atom stereocenters. The van der Waals surface area contributed by atoms with E-state index in [9.17, 15) is 4.79 Å². The summed E-state index contributed by atoms with van der Waals surface area (Å²) in [6.07, 6.45) is 10.2. The third-order valence-electron chi connectivity index (χ3n) is 5.42. The van der Waals surface area contributed by atoms with Crippen molar-refractivity contribution in [2.24, 2.45) is 5.41 Å². The van der Waals surface area contributed by atoms with E-state index in [-0.39, 0.29) is 11.3 Å². The molecule has 1 unspecified atom stereocenters. The van der Waals surface area contributed by atoms with E-state index in [1.165, 1.54) is 12.8 Å². The number of nitrogens with zero attached hydrogens (tertiary/aromatic N) is 1. The van der Waals surface area contributed by atoms with Crippen molar-refractivity contribution in [1.29, 1.82) is 0 Å². The second kappa shape index (κ2) is 7.38. The van der Waals surface area contributed by atoms with Crippen molar-refractivity contribution in [3.63, 3.8) is 0 Å². The van der Waals surface area contributed by atoms with Crippen LogP contribution in [0.1, 0.15) is 42.5 Å². The SMILES string of the molecule is COc1cc(C(=O)N2CCCC3(CC=CCC3)C2)cc(OC)c1OC. The predicted molar refractivity (Wildman–Crippen MR) is 96.7 cm³/mol. The molecule has 0 radical (unpaired) electrons. The molecule has 136 valence electrons. The van der Waals surface area contributed by atoms with Crippen molar-refractivity contribution >= 4 is 5.91 Å². The van der Waals surface area contributed by atoms with Gasteiger partial charge in [-0.1, -0.05) is 12.2 Å². The zero-order chi connectivity index (χ0) is 17.9. The first-order chi connectivity index (χ1) is 12.1. The maximum atomic E-state index is 13.1. The van der Waals surface area contributed by atoms with Crippen LogP contribution in [-0.4, -0.2) is 45.2 Å². The molecule has 1 fully saturated rings. The van der Waals surface area contributed by atoms with Crippen LogP contribution in [0.5, 0.6) is 17.2 Å². The summed E-state index contributed by atoms with van der Waals surface area (Å²) >= 11 is 0. The Morgan fingerprint density at radius 3 is 2.32 bits per heavy atom. The van der Waals surface area contributed by atoms with E-state index in [1.807, 2.05) is 4.90 Å². The maximum Gasteiger partial charge on any atom is 0.254 e. The van der Waals surface area contributed by atoms with Gasteiger partial charge in [-0.05, 0) is 49.7 Å². The molecule has 0 N–H and O–H groups in total. The number of methoxy groups -OCH3 is 3. The van der Waals surface area contributed by atoms with Gasteiger partial charge in [-0.15, -0.1) is 0 Å². The molecule has 1 heterocycles. The number of rotatable bonds is 4. The van der Waals surface area contributed by atoms with E-state index in [4.69, 9.17) is 14.2 Å². The zero-order valence-corrected chi connectivity index (χ0v) is 15.3. The third-order valence-corrected chi connectivity index (χ3v) is 5.42. The second-order valence-corrected chi connectivity index (χ2v) is 6.96. The van der Waals surface area contributed by atoms with Crippen molar-refractivity contribution in [1.82, 2.24) is 4.90 Å². The van der Waals surface area contributed by atoms with Crippen LogP contribution < -0.4 is 14.2 Å². The Morgan fingerprint density at radius 1 is 1.04 bits per heavy atom. The van der Waals surface area contributed by atoms with Crippen LogP contribution in [-0.2, 0) is 0 Å². The highest BCUT2D eigenvalue weighted by molar-refractivity contribution is 5.95. The lowest BCUT2D eigenvalue weighted by Gasteiger charge is -2.44. The number of piperidine rings is 1. The molecule has 1 saturated heterocycles. The fourth-order valence-electron chi connectivity index (χ4n) is 4.08. The number of hydrogen-bond donors (Lipinski definition) is 0. The predicted octanol–water partition coefficient (Wildman–Crippen LogP) is 3.67. The van der Waals surface area contributed by atoms with Crippen LogP contribution in [0.4, 0.5) is 0 Å². The molecule has 2 aliphatic rings. The van der Waals surface area contributed by atoms with E-state index in [0.717, 1.165) is 32.4 Å². The molecule has 0 aromatic heterocycles. The van der Waals surface area contributed by atoms with Crippen LogP contribution in [0.2, 0.25) is 0 Å². The van der Waals surface area contributed by atoms with E-state index >= 15 is 0 Å². The van der Waals surface area contributed by atoms with Gasteiger partial charge in [0.2, 0.25) is 5.75 Å². The van der Waals surface area contributed by atoms with Gasteiger partial charge in [-0.3, -0.25) is 4.79 Å². The molecule has 3 rings (SSSR count). The third kappa shape index (κ3) is 3.46. The fourth-order valence-corrected chi connectivity index (χ4v) is 4.08. The highest BCUT2D eigenvalue weighted by Crippen LogP contribution is 2.42. The Hall–Kier alpha value is -2.17. The molecule has 5 nitrogen and oxygen atoms in total. The van der Waals surface area contributed by atoms with E-state index in [2.05, 4.69) is 12.2 Å². The van der Waals surface area contributed by atoms with Gasteiger partial charge in [0.15, 0.2) is 11.5 Å². The molecule has 0 bridgehead atoms. The van der Waals surface area contributed by atoms with E-state index in [0.29, 0.717) is 22.8 Å². The summed E-state index contributed by atoms with van der Waals surface area (Å²) in [6.45, 7) is 1.63. The van der Waals surface area contributed by atoms with Crippen molar-refractivity contribution in [2.45, 2.75) is 32.1 Å².